The maximum absolute atomic E-state index is 12.9. The number of aromatic nitrogens is 2. The number of fused-ring (bicyclic) bond motifs is 1. The van der Waals surface area contributed by atoms with Crippen LogP contribution in [0.15, 0.2) is 24.5 Å². The van der Waals surface area contributed by atoms with Crippen LogP contribution in [0, 0.1) is 32.1 Å². The van der Waals surface area contributed by atoms with E-state index in [0.717, 1.165) is 39.2 Å². The third-order valence-corrected chi connectivity index (χ3v) is 11.1. The van der Waals surface area contributed by atoms with Gasteiger partial charge in [0.2, 0.25) is 8.32 Å². The van der Waals surface area contributed by atoms with Gasteiger partial charge in [0.1, 0.15) is 23.1 Å². The summed E-state index contributed by atoms with van der Waals surface area (Å²) in [6.07, 6.45) is 2.93. The molecule has 0 unspecified atom stereocenters. The summed E-state index contributed by atoms with van der Waals surface area (Å²) in [4.78, 5) is 17.4. The number of carbonyl (C=O) groups excluding carboxylic acids is 1. The van der Waals surface area contributed by atoms with Crippen LogP contribution < -0.4 is 9.74 Å². The van der Waals surface area contributed by atoms with Crippen molar-refractivity contribution in [2.24, 2.45) is 0 Å². The predicted octanol–water partition coefficient (Wildman–Crippen LogP) is 7.53. The summed E-state index contributed by atoms with van der Waals surface area (Å²) in [7, 11) is -2.11. The number of amides is 1. The fraction of sp³-hybridized carbons (Fsp3) is 0.464. The number of hydrogen-bond acceptors (Lipinski definition) is 5. The van der Waals surface area contributed by atoms with Gasteiger partial charge in [0.25, 0.3) is 0 Å². The van der Waals surface area contributed by atoms with Crippen LogP contribution in [0.25, 0.3) is 16.6 Å². The Kier molecular flexibility index (Phi) is 7.04. The highest BCUT2D eigenvalue weighted by Crippen LogP contribution is 2.45. The average molecular weight is 507 g/mol. The molecule has 0 atom stereocenters. The zero-order chi connectivity index (χ0) is 27.2. The Morgan fingerprint density at radius 1 is 1.08 bits per heavy atom. The number of nitrogens with zero attached hydrogens (tertiary/aromatic N) is 3. The number of ether oxygens (including phenoxy) is 1. The summed E-state index contributed by atoms with van der Waals surface area (Å²) in [5.74, 6) is 0.809. The van der Waals surface area contributed by atoms with Crippen molar-refractivity contribution < 1.29 is 14.0 Å². The molecule has 1 amide bonds. The second kappa shape index (κ2) is 9.29. The third kappa shape index (κ3) is 5.26. The summed E-state index contributed by atoms with van der Waals surface area (Å²) >= 11 is 0. The maximum atomic E-state index is 12.9. The molecule has 0 spiro atoms. The molecule has 0 bridgehead atoms. The van der Waals surface area contributed by atoms with Crippen LogP contribution >= 0.6 is 0 Å². The molecule has 2 heterocycles. The molecule has 0 aliphatic rings. The zero-order valence-electron chi connectivity index (χ0n) is 23.4. The van der Waals surface area contributed by atoms with Crippen molar-refractivity contribution in [3.8, 4) is 22.9 Å². The molecule has 0 fully saturated rings. The molecule has 1 N–H and O–H groups in total. The minimum atomic E-state index is -2.11. The van der Waals surface area contributed by atoms with Crippen molar-refractivity contribution in [1.82, 2.24) is 9.38 Å². The molecule has 8 heteroatoms. The maximum Gasteiger partial charge on any atom is 0.412 e. The third-order valence-electron chi connectivity index (χ3n) is 6.73. The monoisotopic (exact) mass is 506 g/mol. The molecule has 0 radical (unpaired) electrons. The molecule has 2 aromatic heterocycles. The van der Waals surface area contributed by atoms with Crippen LogP contribution in [0.4, 0.5) is 10.5 Å². The van der Waals surface area contributed by atoms with Crippen LogP contribution in [0.1, 0.15) is 64.1 Å². The second-order valence-electron chi connectivity index (χ2n) is 11.9. The summed E-state index contributed by atoms with van der Waals surface area (Å²) in [6.45, 7) is 22.4. The molecule has 7 nitrogen and oxygen atoms in total. The fourth-order valence-electron chi connectivity index (χ4n) is 3.89. The molecule has 192 valence electrons. The Morgan fingerprint density at radius 3 is 2.28 bits per heavy atom. The summed E-state index contributed by atoms with van der Waals surface area (Å²) in [6, 6.07) is 6.32. The van der Waals surface area contributed by atoms with Gasteiger partial charge in [0.05, 0.1) is 23.1 Å². The van der Waals surface area contributed by atoms with E-state index in [-0.39, 0.29) is 5.04 Å². The first kappa shape index (κ1) is 27.3. The van der Waals surface area contributed by atoms with Gasteiger partial charge in [-0.3, -0.25) is 10.3 Å². The van der Waals surface area contributed by atoms with E-state index in [2.05, 4.69) is 50.2 Å². The standard InChI is InChI=1S/C28H38N4O3Si/c1-17-12-13-22(35-36(10,11)28(7,8)9)19(3)23(17)24-21-15-30-18(2)16-32(21)20(14-29)25(24)31-26(33)34-27(4,5)6/h12-13,15-16H,1-11H3,(H,31,33). The highest BCUT2D eigenvalue weighted by molar-refractivity contribution is 6.74. The van der Waals surface area contributed by atoms with E-state index in [0.29, 0.717) is 11.4 Å². The van der Waals surface area contributed by atoms with Gasteiger partial charge < -0.3 is 13.6 Å². The fourth-order valence-corrected chi connectivity index (χ4v) is 4.97. The van der Waals surface area contributed by atoms with E-state index in [1.807, 2.05) is 32.9 Å². The lowest BCUT2D eigenvalue weighted by Gasteiger charge is -2.37. The number of hydrogen-bond donors (Lipinski definition) is 1. The van der Waals surface area contributed by atoms with Crippen LogP contribution in [0.2, 0.25) is 18.1 Å². The molecule has 0 aliphatic carbocycles. The lowest BCUT2D eigenvalue weighted by atomic mass is 9.94. The first-order valence-electron chi connectivity index (χ1n) is 12.2. The SMILES string of the molecule is Cc1cn2c(C#N)c(NC(=O)OC(C)(C)C)c(-c3c(C)ccc(O[Si](C)(C)C(C)(C)C)c3C)c2cn1. The largest absolute Gasteiger partial charge is 0.543 e. The number of nitrogens with one attached hydrogen (secondary N) is 1. The Balaban J connectivity index is 2.32. The van der Waals surface area contributed by atoms with Gasteiger partial charge >= 0.3 is 6.09 Å². The van der Waals surface area contributed by atoms with Crippen molar-refractivity contribution in [3.05, 3.63) is 47.0 Å². The minimum absolute atomic E-state index is 0.0339. The molecule has 1 aromatic carbocycles. The molecule has 3 aromatic rings. The number of nitriles is 1. The molecular formula is C28H38N4O3Si. The second-order valence-corrected chi connectivity index (χ2v) is 16.6. The van der Waals surface area contributed by atoms with Gasteiger partial charge in [0.15, 0.2) is 0 Å². The Morgan fingerprint density at radius 2 is 1.72 bits per heavy atom. The molecule has 0 saturated heterocycles. The van der Waals surface area contributed by atoms with Gasteiger partial charge in [-0.2, -0.15) is 5.26 Å². The Labute approximate surface area is 215 Å². The van der Waals surface area contributed by atoms with Crippen LogP contribution in [0.3, 0.4) is 0 Å². The minimum Gasteiger partial charge on any atom is -0.543 e. The van der Waals surface area contributed by atoms with E-state index in [4.69, 9.17) is 9.16 Å². The summed E-state index contributed by atoms with van der Waals surface area (Å²) < 4.78 is 14.0. The highest BCUT2D eigenvalue weighted by Gasteiger charge is 2.39. The highest BCUT2D eigenvalue weighted by atomic mass is 28.4. The topological polar surface area (TPSA) is 88.7 Å². The molecule has 0 saturated carbocycles. The van der Waals surface area contributed by atoms with Crippen molar-refractivity contribution in [3.63, 3.8) is 0 Å². The van der Waals surface area contributed by atoms with Crippen LogP contribution in [-0.2, 0) is 4.74 Å². The van der Waals surface area contributed by atoms with Crippen molar-refractivity contribution >= 4 is 25.6 Å². The molecule has 36 heavy (non-hydrogen) atoms. The lowest BCUT2D eigenvalue weighted by molar-refractivity contribution is 0.0636. The van der Waals surface area contributed by atoms with Gasteiger partial charge in [-0.1, -0.05) is 26.8 Å². The molecule has 3 rings (SSSR count). The smallest absolute Gasteiger partial charge is 0.412 e. The Hall–Kier alpha value is -3.31. The average Bonchev–Trinajstić information content (AvgIpc) is 3.00. The van der Waals surface area contributed by atoms with Crippen molar-refractivity contribution in [2.45, 2.75) is 86.0 Å². The van der Waals surface area contributed by atoms with E-state index < -0.39 is 20.0 Å². The normalized spacial score (nSPS) is 12.4. The number of anilines is 1. The predicted molar refractivity (Wildman–Crippen MR) is 147 cm³/mol. The van der Waals surface area contributed by atoms with E-state index >= 15 is 0 Å². The van der Waals surface area contributed by atoms with E-state index in [9.17, 15) is 10.1 Å². The van der Waals surface area contributed by atoms with Gasteiger partial charge in [-0.25, -0.2) is 4.79 Å². The first-order chi connectivity index (χ1) is 16.5. The van der Waals surface area contributed by atoms with Gasteiger partial charge in [-0.05, 0) is 82.4 Å². The van der Waals surface area contributed by atoms with Crippen molar-refractivity contribution in [1.29, 1.82) is 5.26 Å². The summed E-state index contributed by atoms with van der Waals surface area (Å²) in [5.41, 5.74) is 5.08. The number of benzene rings is 1. The molecular weight excluding hydrogens is 468 g/mol. The zero-order valence-corrected chi connectivity index (χ0v) is 24.4. The summed E-state index contributed by atoms with van der Waals surface area (Å²) in [5, 5.41) is 13.1. The number of rotatable bonds is 4. The van der Waals surface area contributed by atoms with E-state index in [1.54, 1.807) is 37.6 Å². The first-order valence-corrected chi connectivity index (χ1v) is 15.1. The van der Waals surface area contributed by atoms with Crippen LogP contribution in [0.5, 0.6) is 5.75 Å². The quantitative estimate of drug-likeness (QED) is 0.369. The number of carbonyl (C=O) groups is 1. The van der Waals surface area contributed by atoms with Gasteiger partial charge in [0, 0.05) is 11.8 Å². The van der Waals surface area contributed by atoms with Crippen LogP contribution in [-0.4, -0.2) is 29.4 Å². The van der Waals surface area contributed by atoms with Crippen molar-refractivity contribution in [2.75, 3.05) is 5.32 Å². The number of aryl methyl sites for hydroxylation is 2. The Bertz CT molecular complexity index is 1370. The lowest BCUT2D eigenvalue weighted by Crippen LogP contribution is -2.44. The molecule has 0 aliphatic heterocycles. The van der Waals surface area contributed by atoms with Gasteiger partial charge in [-0.15, -0.1) is 0 Å². The van der Waals surface area contributed by atoms with E-state index in [1.165, 1.54) is 0 Å².